The molecule has 9 atom stereocenters. The number of guanidine groups is 1. The van der Waals surface area contributed by atoms with Gasteiger partial charge in [-0.3, -0.25) is 53.4 Å². The maximum absolute atomic E-state index is 14.0. The number of carbonyl (C=O) groups is 11. The molecule has 1 aliphatic heterocycles. The minimum absolute atomic E-state index is 0.0473. The van der Waals surface area contributed by atoms with Gasteiger partial charge in [-0.25, -0.2) is 4.79 Å². The molecule has 2 aromatic rings. The van der Waals surface area contributed by atoms with Crippen molar-refractivity contribution in [3.8, 4) is 0 Å². The van der Waals surface area contributed by atoms with Crippen molar-refractivity contribution < 1.29 is 78.3 Å². The van der Waals surface area contributed by atoms with Crippen molar-refractivity contribution in [3.05, 3.63) is 36.0 Å². The number of likely N-dealkylation sites (tertiary alicyclic amines) is 1. The molecule has 0 spiro atoms. The lowest BCUT2D eigenvalue weighted by Gasteiger charge is -2.29. The molecule has 9 amide bonds. The fourth-order valence-corrected chi connectivity index (χ4v) is 7.45. The standard InChI is InChI=1S/C43H64N14O16/c1-20(60)34(45)40(70)54-26(14-21-16-49-23-7-3-2-6-22(21)23)36(66)55-27(15-31(44)61)41(71)57-13-5-9-30(57)39(69)50-17-32(62)51-28(18-58)37(67)56-29(19-59)38(68)52-24(10-11-33(63)64)35(65)53-25(42(72)73)8-4-12-48-43(46)47/h2-3,6-7,16,20,24-30,34,49,58-60H,4-5,8-15,17-19,45H2,1H3,(H2,44,61)(H,50,69)(H,51,62)(H,52,68)(H,53,65)(H,54,70)(H,55,66)(H,56,67)(H,63,64)(H,72,73)(H4,46,47,48)/t20-,24+,25+,26+,27+,28+,29+,30+,34+/m1/s1. The van der Waals surface area contributed by atoms with E-state index in [9.17, 15) is 78.3 Å². The van der Waals surface area contributed by atoms with Gasteiger partial charge in [-0.15, -0.1) is 0 Å². The van der Waals surface area contributed by atoms with Crippen LogP contribution in [0.15, 0.2) is 30.5 Å². The fourth-order valence-electron chi connectivity index (χ4n) is 7.45. The Bertz CT molecular complexity index is 2350. The van der Waals surface area contributed by atoms with Gasteiger partial charge in [0, 0.05) is 43.0 Å². The van der Waals surface area contributed by atoms with Gasteiger partial charge in [-0.05, 0) is 50.7 Å². The Kier molecular flexibility index (Phi) is 23.4. The van der Waals surface area contributed by atoms with Crippen LogP contribution in [0.4, 0.5) is 0 Å². The van der Waals surface area contributed by atoms with Crippen LogP contribution in [0.3, 0.4) is 0 Å². The largest absolute Gasteiger partial charge is 0.481 e. The van der Waals surface area contributed by atoms with Gasteiger partial charge in [0.05, 0.1) is 32.3 Å². The van der Waals surface area contributed by atoms with Crippen molar-refractivity contribution in [1.82, 2.24) is 52.4 Å². The number of amides is 9. The second-order valence-electron chi connectivity index (χ2n) is 17.0. The monoisotopic (exact) mass is 1030 g/mol. The molecule has 73 heavy (non-hydrogen) atoms. The third-order valence-corrected chi connectivity index (χ3v) is 11.4. The number of benzene rings is 1. The average molecular weight is 1030 g/mol. The van der Waals surface area contributed by atoms with E-state index >= 15 is 0 Å². The second-order valence-corrected chi connectivity index (χ2v) is 17.0. The Balaban J connectivity index is 1.66. The van der Waals surface area contributed by atoms with Crippen molar-refractivity contribution in [2.75, 3.05) is 32.8 Å². The lowest BCUT2D eigenvalue weighted by Crippen LogP contribution is -2.60. The molecule has 0 aliphatic carbocycles. The summed E-state index contributed by atoms with van der Waals surface area (Å²) in [4.78, 5) is 146. The molecule has 2 heterocycles. The molecule has 1 fully saturated rings. The number of aromatic nitrogens is 1. The summed E-state index contributed by atoms with van der Waals surface area (Å²) in [6.45, 7) is -1.77. The number of primary amides is 1. The number of carbonyl (C=O) groups excluding carboxylic acids is 9. The number of aliphatic carboxylic acids is 2. The molecule has 21 N–H and O–H groups in total. The number of nitrogens with zero attached hydrogens (tertiary/aromatic N) is 1. The van der Waals surface area contributed by atoms with Crippen LogP contribution in [0.25, 0.3) is 10.9 Å². The van der Waals surface area contributed by atoms with Gasteiger partial charge in [0.1, 0.15) is 48.3 Å². The van der Waals surface area contributed by atoms with Crippen LogP contribution in [0, 0.1) is 5.41 Å². The van der Waals surface area contributed by atoms with Crippen LogP contribution >= 0.6 is 0 Å². The number of aliphatic hydroxyl groups is 3. The number of carboxylic acid groups (broad SMARTS) is 2. The van der Waals surface area contributed by atoms with E-state index in [0.29, 0.717) is 16.5 Å². The van der Waals surface area contributed by atoms with Gasteiger partial charge in [0.25, 0.3) is 0 Å². The van der Waals surface area contributed by atoms with E-state index in [-0.39, 0.29) is 51.2 Å². The van der Waals surface area contributed by atoms with E-state index in [0.717, 1.165) is 4.90 Å². The van der Waals surface area contributed by atoms with Gasteiger partial charge < -0.3 is 95.2 Å². The van der Waals surface area contributed by atoms with Gasteiger partial charge >= 0.3 is 11.9 Å². The number of carboxylic acids is 2. The van der Waals surface area contributed by atoms with Crippen LogP contribution in [-0.2, 0) is 59.2 Å². The molecule has 3 rings (SSSR count). The number of aliphatic hydroxyl groups excluding tert-OH is 3. The van der Waals surface area contributed by atoms with Crippen LogP contribution in [0.5, 0.6) is 0 Å². The Morgan fingerprint density at radius 2 is 1.34 bits per heavy atom. The number of nitrogens with two attached hydrogens (primary N) is 3. The summed E-state index contributed by atoms with van der Waals surface area (Å²) in [5.74, 6) is -12.6. The topological polar surface area (TPSA) is 506 Å². The first-order chi connectivity index (χ1) is 34.5. The third kappa shape index (κ3) is 18.6. The Morgan fingerprint density at radius 3 is 1.95 bits per heavy atom. The summed E-state index contributed by atoms with van der Waals surface area (Å²) in [5.41, 5.74) is 17.8. The predicted molar refractivity (Wildman–Crippen MR) is 253 cm³/mol. The Hall–Kier alpha value is -7.96. The molecule has 0 unspecified atom stereocenters. The quantitative estimate of drug-likeness (QED) is 0.0196. The summed E-state index contributed by atoms with van der Waals surface area (Å²) >= 11 is 0. The van der Waals surface area contributed by atoms with Crippen LogP contribution in [0.2, 0.25) is 0 Å². The summed E-state index contributed by atoms with van der Waals surface area (Å²) in [6.07, 6.45) is -1.57. The zero-order chi connectivity index (χ0) is 54.5. The average Bonchev–Trinajstić information content (AvgIpc) is 4.00. The third-order valence-electron chi connectivity index (χ3n) is 11.4. The van der Waals surface area contributed by atoms with Gasteiger partial charge in [-0.1, -0.05) is 18.2 Å². The normalized spacial score (nSPS) is 16.4. The predicted octanol–water partition coefficient (Wildman–Crippen LogP) is -7.49. The van der Waals surface area contributed by atoms with Crippen molar-refractivity contribution >= 4 is 82.0 Å². The maximum Gasteiger partial charge on any atom is 0.326 e. The molecule has 0 bridgehead atoms. The van der Waals surface area contributed by atoms with E-state index in [4.69, 9.17) is 22.6 Å². The van der Waals surface area contributed by atoms with Crippen LogP contribution in [0.1, 0.15) is 57.4 Å². The zero-order valence-electron chi connectivity index (χ0n) is 39.7. The smallest absolute Gasteiger partial charge is 0.326 e. The second kappa shape index (κ2) is 28.8. The number of hydrogen-bond acceptors (Lipinski definition) is 16. The first kappa shape index (κ1) is 59.3. The van der Waals surface area contributed by atoms with Crippen molar-refractivity contribution in [2.45, 2.75) is 113 Å². The van der Waals surface area contributed by atoms with Crippen molar-refractivity contribution in [1.29, 1.82) is 5.41 Å². The van der Waals surface area contributed by atoms with Crippen LogP contribution < -0.4 is 59.7 Å². The molecule has 1 saturated heterocycles. The molecule has 0 radical (unpaired) electrons. The van der Waals surface area contributed by atoms with Gasteiger partial charge in [-0.2, -0.15) is 0 Å². The van der Waals surface area contributed by atoms with Gasteiger partial charge in [0.2, 0.25) is 53.2 Å². The van der Waals surface area contributed by atoms with E-state index in [1.54, 1.807) is 30.5 Å². The summed E-state index contributed by atoms with van der Waals surface area (Å²) in [6, 6.07) is -5.60. The summed E-state index contributed by atoms with van der Waals surface area (Å²) < 4.78 is 0. The van der Waals surface area contributed by atoms with Gasteiger partial charge in [0.15, 0.2) is 5.96 Å². The summed E-state index contributed by atoms with van der Waals surface area (Å²) in [7, 11) is 0. The Morgan fingerprint density at radius 1 is 0.767 bits per heavy atom. The van der Waals surface area contributed by atoms with E-state index in [1.807, 2.05) is 0 Å². The molecule has 1 aromatic carbocycles. The lowest BCUT2D eigenvalue weighted by atomic mass is 10.0. The number of para-hydroxylation sites is 1. The minimum atomic E-state index is -1.88. The first-order valence-electron chi connectivity index (χ1n) is 22.9. The molecular formula is C43H64N14O16. The van der Waals surface area contributed by atoms with E-state index < -0.39 is 159 Å². The number of hydrogen-bond donors (Lipinski definition) is 18. The lowest BCUT2D eigenvalue weighted by molar-refractivity contribution is -0.143. The summed E-state index contributed by atoms with van der Waals surface area (Å²) in [5, 5.41) is 74.7. The SMILES string of the molecule is C[C@@H](O)[C@H](N)C(=O)N[C@@H](Cc1c[nH]c2ccccc12)C(=O)N[C@@H](CC(N)=O)C(=O)N1CCC[C@H]1C(=O)NCC(=O)N[C@@H](CO)C(=O)N[C@@H](CO)C(=O)N[C@@H](CCC(=O)O)C(=O)N[C@@H](CCCNC(=N)N)C(=O)O. The molecular weight excluding hydrogens is 969 g/mol. The highest BCUT2D eigenvalue weighted by atomic mass is 16.4. The first-order valence-corrected chi connectivity index (χ1v) is 22.9. The number of H-pyrrole nitrogens is 1. The molecule has 1 aliphatic rings. The number of nitrogens with one attached hydrogen (secondary N) is 10. The number of aromatic amines is 1. The fraction of sp³-hybridized carbons (Fsp3) is 0.535. The molecule has 0 saturated carbocycles. The highest BCUT2D eigenvalue weighted by Gasteiger charge is 2.40. The van der Waals surface area contributed by atoms with Crippen LogP contribution in [-0.4, -0.2) is 194 Å². The molecule has 30 heteroatoms. The number of rotatable bonds is 30. The van der Waals surface area contributed by atoms with E-state index in [1.165, 1.54) is 6.92 Å². The highest BCUT2D eigenvalue weighted by molar-refractivity contribution is 5.99. The maximum atomic E-state index is 14.0. The molecule has 402 valence electrons. The highest BCUT2D eigenvalue weighted by Crippen LogP contribution is 2.21. The zero-order valence-corrected chi connectivity index (χ0v) is 39.7. The number of fused-ring (bicyclic) bond motifs is 1. The van der Waals surface area contributed by atoms with E-state index in [2.05, 4.69) is 47.5 Å². The minimum Gasteiger partial charge on any atom is -0.481 e. The van der Waals surface area contributed by atoms with Crippen molar-refractivity contribution in [2.24, 2.45) is 17.2 Å². The Labute approximate surface area is 416 Å². The molecule has 1 aromatic heterocycles. The van der Waals surface area contributed by atoms with Crippen molar-refractivity contribution in [3.63, 3.8) is 0 Å². The molecule has 30 nitrogen and oxygen atoms in total.